The van der Waals surface area contributed by atoms with Crippen LogP contribution in [0.2, 0.25) is 0 Å². The van der Waals surface area contributed by atoms with E-state index in [1.54, 1.807) is 0 Å². The van der Waals surface area contributed by atoms with Gasteiger partial charge in [0.05, 0.1) is 12.2 Å². The Bertz CT molecular complexity index is 1070. The van der Waals surface area contributed by atoms with E-state index in [1.165, 1.54) is 5.56 Å². The van der Waals surface area contributed by atoms with Crippen LogP contribution < -0.4 is 0 Å². The quantitative estimate of drug-likeness (QED) is 0.457. The smallest absolute Gasteiger partial charge is 0.221 e. The molecule has 0 aliphatic heterocycles. The maximum atomic E-state index is 4.77. The molecule has 156 valence electrons. The van der Waals surface area contributed by atoms with Gasteiger partial charge in [-0.25, -0.2) is 9.67 Å². The van der Waals surface area contributed by atoms with E-state index in [9.17, 15) is 0 Å². The average Bonchev–Trinajstić information content (AvgIpc) is 3.48. The van der Waals surface area contributed by atoms with E-state index in [0.717, 1.165) is 67.4 Å². The second-order valence-corrected chi connectivity index (χ2v) is 7.55. The molecule has 0 saturated heterocycles. The lowest BCUT2D eigenvalue weighted by Gasteiger charge is -2.11. The Morgan fingerprint density at radius 2 is 1.80 bits per heavy atom. The van der Waals surface area contributed by atoms with Gasteiger partial charge in [-0.05, 0) is 54.8 Å². The minimum absolute atomic E-state index is 0.582. The number of hydrogen-bond acceptors (Lipinski definition) is 5. The number of hydrogen-bond donors (Lipinski definition) is 1. The number of unbranched alkanes of at least 4 members (excludes halogenated alkanes) is 1. The predicted octanol–water partition coefficient (Wildman–Crippen LogP) is 3.90. The molecule has 0 aliphatic rings. The Morgan fingerprint density at radius 3 is 2.50 bits per heavy atom. The van der Waals surface area contributed by atoms with Crippen LogP contribution in [0.5, 0.6) is 0 Å². The van der Waals surface area contributed by atoms with Crippen LogP contribution in [-0.2, 0) is 19.4 Å². The summed E-state index contributed by atoms with van der Waals surface area (Å²) in [6.45, 7) is 7.18. The zero-order chi connectivity index (χ0) is 20.9. The number of aryl methyl sites for hydroxylation is 3. The summed E-state index contributed by atoms with van der Waals surface area (Å²) in [5.74, 6) is 2.62. The summed E-state index contributed by atoms with van der Waals surface area (Å²) in [5, 5.41) is 19.2. The van der Waals surface area contributed by atoms with Gasteiger partial charge in [-0.1, -0.05) is 32.4 Å². The standard InChI is InChI=1S/C22H28N8/c1-4-6-8-21-23-20(7-5-2)26-29(21)15-17-10-12-18(13-11-17)30-16(3)9-14-19(30)22-24-27-28-25-22/h9-14H,4-8,15H2,1-3H3,(H,24,25,27,28). The highest BCUT2D eigenvalue weighted by atomic mass is 15.5. The van der Waals surface area contributed by atoms with E-state index in [4.69, 9.17) is 10.1 Å². The lowest BCUT2D eigenvalue weighted by Crippen LogP contribution is -2.08. The molecule has 0 atom stereocenters. The third-order valence-corrected chi connectivity index (χ3v) is 5.20. The first-order valence-corrected chi connectivity index (χ1v) is 10.6. The third-order valence-electron chi connectivity index (χ3n) is 5.20. The van der Waals surface area contributed by atoms with Crippen molar-refractivity contribution in [3.05, 3.63) is 59.3 Å². The van der Waals surface area contributed by atoms with Crippen molar-refractivity contribution in [2.75, 3.05) is 0 Å². The molecule has 0 fully saturated rings. The summed E-state index contributed by atoms with van der Waals surface area (Å²) in [7, 11) is 0. The molecule has 3 aromatic heterocycles. The fraction of sp³-hybridized carbons (Fsp3) is 0.409. The molecule has 4 aromatic rings. The van der Waals surface area contributed by atoms with E-state index in [2.05, 4.69) is 81.0 Å². The van der Waals surface area contributed by atoms with Crippen LogP contribution in [0, 0.1) is 6.92 Å². The van der Waals surface area contributed by atoms with Gasteiger partial charge in [-0.15, -0.1) is 10.2 Å². The third kappa shape index (κ3) is 4.17. The van der Waals surface area contributed by atoms with Crippen molar-refractivity contribution in [1.29, 1.82) is 0 Å². The van der Waals surface area contributed by atoms with Gasteiger partial charge in [0, 0.05) is 24.2 Å². The van der Waals surface area contributed by atoms with Gasteiger partial charge in [0.1, 0.15) is 5.82 Å². The molecule has 8 heteroatoms. The van der Waals surface area contributed by atoms with Crippen molar-refractivity contribution >= 4 is 0 Å². The van der Waals surface area contributed by atoms with E-state index >= 15 is 0 Å². The predicted molar refractivity (Wildman–Crippen MR) is 115 cm³/mol. The normalized spacial score (nSPS) is 11.3. The maximum absolute atomic E-state index is 4.77. The number of rotatable bonds is 9. The van der Waals surface area contributed by atoms with Crippen molar-refractivity contribution in [2.24, 2.45) is 0 Å². The van der Waals surface area contributed by atoms with Crippen molar-refractivity contribution < 1.29 is 0 Å². The lowest BCUT2D eigenvalue weighted by molar-refractivity contribution is 0.613. The van der Waals surface area contributed by atoms with Crippen molar-refractivity contribution in [3.63, 3.8) is 0 Å². The molecule has 1 N–H and O–H groups in total. The zero-order valence-corrected chi connectivity index (χ0v) is 17.8. The van der Waals surface area contributed by atoms with Gasteiger partial charge >= 0.3 is 0 Å². The van der Waals surface area contributed by atoms with Crippen LogP contribution in [0.15, 0.2) is 36.4 Å². The number of aromatic amines is 1. The number of nitrogens with zero attached hydrogens (tertiary/aromatic N) is 7. The van der Waals surface area contributed by atoms with Gasteiger partial charge in [0.25, 0.3) is 0 Å². The number of tetrazole rings is 1. The SMILES string of the molecule is CCCCc1nc(CCC)nn1Cc1ccc(-n2c(C)ccc2-c2nn[nH]n2)cc1. The number of H-pyrrole nitrogens is 1. The molecule has 0 unspecified atom stereocenters. The Kier molecular flexibility index (Phi) is 6.02. The number of aromatic nitrogens is 8. The van der Waals surface area contributed by atoms with E-state index < -0.39 is 0 Å². The number of nitrogens with one attached hydrogen (secondary N) is 1. The highest BCUT2D eigenvalue weighted by Gasteiger charge is 2.14. The van der Waals surface area contributed by atoms with Crippen molar-refractivity contribution in [1.82, 2.24) is 40.0 Å². The Labute approximate surface area is 176 Å². The Hall–Kier alpha value is -3.29. The van der Waals surface area contributed by atoms with Crippen LogP contribution in [0.3, 0.4) is 0 Å². The summed E-state index contributed by atoms with van der Waals surface area (Å²) in [5.41, 5.74) is 4.30. The average molecular weight is 405 g/mol. The fourth-order valence-electron chi connectivity index (χ4n) is 3.65. The Balaban J connectivity index is 1.58. The summed E-state index contributed by atoms with van der Waals surface area (Å²) in [4.78, 5) is 4.77. The Morgan fingerprint density at radius 1 is 0.967 bits per heavy atom. The van der Waals surface area contributed by atoms with Crippen LogP contribution in [0.1, 0.15) is 56.0 Å². The molecule has 0 saturated carbocycles. The monoisotopic (exact) mass is 404 g/mol. The molecule has 30 heavy (non-hydrogen) atoms. The topological polar surface area (TPSA) is 90.1 Å². The first-order chi connectivity index (χ1) is 14.7. The lowest BCUT2D eigenvalue weighted by atomic mass is 10.2. The van der Waals surface area contributed by atoms with Crippen LogP contribution in [0.4, 0.5) is 0 Å². The van der Waals surface area contributed by atoms with Gasteiger partial charge in [0.2, 0.25) is 5.82 Å². The molecule has 0 radical (unpaired) electrons. The zero-order valence-electron chi connectivity index (χ0n) is 17.8. The van der Waals surface area contributed by atoms with Crippen molar-refractivity contribution in [2.45, 2.75) is 59.4 Å². The number of benzene rings is 1. The van der Waals surface area contributed by atoms with Gasteiger partial charge in [-0.3, -0.25) is 0 Å². The minimum atomic E-state index is 0.582. The maximum Gasteiger partial charge on any atom is 0.221 e. The molecule has 0 aliphatic carbocycles. The fourth-order valence-corrected chi connectivity index (χ4v) is 3.65. The molecule has 4 rings (SSSR count). The molecule has 0 bridgehead atoms. The molecule has 1 aromatic carbocycles. The molecular weight excluding hydrogens is 376 g/mol. The molecule has 0 spiro atoms. The first-order valence-electron chi connectivity index (χ1n) is 10.6. The van der Waals surface area contributed by atoms with Crippen molar-refractivity contribution in [3.8, 4) is 17.2 Å². The second-order valence-electron chi connectivity index (χ2n) is 7.55. The second kappa shape index (κ2) is 9.02. The first kappa shape index (κ1) is 20.0. The molecule has 8 nitrogen and oxygen atoms in total. The highest BCUT2D eigenvalue weighted by molar-refractivity contribution is 5.56. The van der Waals surface area contributed by atoms with Gasteiger partial charge < -0.3 is 4.57 Å². The minimum Gasteiger partial charge on any atom is -0.311 e. The van der Waals surface area contributed by atoms with E-state index in [0.29, 0.717) is 5.82 Å². The highest BCUT2D eigenvalue weighted by Crippen LogP contribution is 2.24. The molecule has 3 heterocycles. The van der Waals surface area contributed by atoms with Gasteiger partial charge in [0.15, 0.2) is 5.82 Å². The largest absolute Gasteiger partial charge is 0.311 e. The van der Waals surface area contributed by atoms with E-state index in [-0.39, 0.29) is 0 Å². The molecular formula is C22H28N8. The van der Waals surface area contributed by atoms with Crippen LogP contribution >= 0.6 is 0 Å². The van der Waals surface area contributed by atoms with Crippen LogP contribution in [-0.4, -0.2) is 40.0 Å². The van der Waals surface area contributed by atoms with Gasteiger partial charge in [-0.2, -0.15) is 10.3 Å². The summed E-state index contributed by atoms with van der Waals surface area (Å²) in [6, 6.07) is 12.6. The summed E-state index contributed by atoms with van der Waals surface area (Å²) < 4.78 is 4.21. The molecule has 0 amide bonds. The summed E-state index contributed by atoms with van der Waals surface area (Å²) >= 11 is 0. The summed E-state index contributed by atoms with van der Waals surface area (Å²) in [6.07, 6.45) is 5.25. The van der Waals surface area contributed by atoms with Crippen LogP contribution in [0.25, 0.3) is 17.2 Å². The van der Waals surface area contributed by atoms with E-state index in [1.807, 2.05) is 6.07 Å².